The molecule has 0 bridgehead atoms. The molecule has 1 aliphatic heterocycles. The summed E-state index contributed by atoms with van der Waals surface area (Å²) >= 11 is 5.67. The van der Waals surface area contributed by atoms with Crippen LogP contribution in [0.15, 0.2) is 101 Å². The highest BCUT2D eigenvalue weighted by Gasteiger charge is 2.37. The normalized spacial score (nSPS) is 14.1. The lowest BCUT2D eigenvalue weighted by atomic mass is 10.1. The Balaban J connectivity index is 1.37. The first-order valence-corrected chi connectivity index (χ1v) is 15.2. The fraction of sp³-hybridized carbons (Fsp3) is 0.121. The zero-order valence-electron chi connectivity index (χ0n) is 23.0. The summed E-state index contributed by atoms with van der Waals surface area (Å²) in [6.45, 7) is 2.93. The van der Waals surface area contributed by atoms with Gasteiger partial charge in [0.1, 0.15) is 24.5 Å². The van der Waals surface area contributed by atoms with E-state index in [1.807, 2.05) is 61.5 Å². The van der Waals surface area contributed by atoms with Crippen LogP contribution in [-0.2, 0) is 22.8 Å². The molecule has 43 heavy (non-hydrogen) atoms. The van der Waals surface area contributed by atoms with Crippen LogP contribution in [-0.4, -0.2) is 24.5 Å². The number of ether oxygens (including phenoxy) is 3. The third kappa shape index (κ3) is 7.26. The molecule has 1 fully saturated rings. The van der Waals surface area contributed by atoms with Crippen molar-refractivity contribution < 1.29 is 28.6 Å². The largest absolute Gasteiger partial charge is 0.490 e. The average Bonchev–Trinajstić information content (AvgIpc) is 3.00. The molecule has 1 heterocycles. The summed E-state index contributed by atoms with van der Waals surface area (Å²) in [6.07, 6.45) is 1.44. The summed E-state index contributed by atoms with van der Waals surface area (Å²) < 4.78 is 19.4. The van der Waals surface area contributed by atoms with Crippen LogP contribution in [0.25, 0.3) is 6.08 Å². The van der Waals surface area contributed by atoms with Gasteiger partial charge in [-0.2, -0.15) is 0 Å². The van der Waals surface area contributed by atoms with E-state index < -0.39 is 17.8 Å². The molecule has 4 aromatic carbocycles. The Labute approximate surface area is 270 Å². The molecule has 5 rings (SSSR count). The quantitative estimate of drug-likeness (QED) is 0.104. The summed E-state index contributed by atoms with van der Waals surface area (Å²) in [5, 5.41) is 2.26. The molecule has 1 aliphatic rings. The van der Waals surface area contributed by atoms with E-state index in [2.05, 4.69) is 43.8 Å². The Bertz CT molecular complexity index is 1690. The Morgan fingerprint density at radius 2 is 1.58 bits per heavy atom. The van der Waals surface area contributed by atoms with E-state index in [4.69, 9.17) is 14.2 Å². The first kappa shape index (κ1) is 30.3. The molecule has 0 spiro atoms. The maximum absolute atomic E-state index is 13.5. The number of hydrogen-bond donors (Lipinski definition) is 1. The van der Waals surface area contributed by atoms with Crippen LogP contribution >= 0.6 is 38.5 Å². The van der Waals surface area contributed by atoms with Gasteiger partial charge in [0.05, 0.1) is 15.9 Å². The number of carbonyl (C=O) groups is 3. The number of anilines is 1. The van der Waals surface area contributed by atoms with Gasteiger partial charge in [0.15, 0.2) is 11.5 Å². The highest BCUT2D eigenvalue weighted by atomic mass is 127. The van der Waals surface area contributed by atoms with E-state index >= 15 is 0 Å². The molecule has 1 saturated heterocycles. The van der Waals surface area contributed by atoms with Crippen molar-refractivity contribution in [3.05, 3.63) is 121 Å². The van der Waals surface area contributed by atoms with Crippen molar-refractivity contribution in [1.82, 2.24) is 5.32 Å². The molecule has 4 aromatic rings. The molecular formula is C33H26BrIN2O6. The number of imide groups is 2. The van der Waals surface area contributed by atoms with Gasteiger partial charge in [-0.25, -0.2) is 9.69 Å². The molecule has 8 nitrogen and oxygen atoms in total. The van der Waals surface area contributed by atoms with E-state index in [-0.39, 0.29) is 5.57 Å². The van der Waals surface area contributed by atoms with Crippen LogP contribution in [0, 0.1) is 3.57 Å². The molecule has 0 atom stereocenters. The van der Waals surface area contributed by atoms with Gasteiger partial charge in [0, 0.05) is 10.0 Å². The fourth-order valence-corrected chi connectivity index (χ4v) is 5.51. The van der Waals surface area contributed by atoms with E-state index in [0.29, 0.717) is 48.3 Å². The minimum atomic E-state index is -0.828. The first-order valence-electron chi connectivity index (χ1n) is 13.3. The van der Waals surface area contributed by atoms with E-state index in [9.17, 15) is 14.4 Å². The van der Waals surface area contributed by atoms with Crippen LogP contribution in [0.2, 0.25) is 0 Å². The predicted octanol–water partition coefficient (Wildman–Crippen LogP) is 7.28. The Morgan fingerprint density at radius 1 is 0.860 bits per heavy atom. The monoisotopic (exact) mass is 752 g/mol. The van der Waals surface area contributed by atoms with Gasteiger partial charge < -0.3 is 14.2 Å². The highest BCUT2D eigenvalue weighted by molar-refractivity contribution is 14.1. The number of benzene rings is 4. The van der Waals surface area contributed by atoms with Crippen molar-refractivity contribution in [1.29, 1.82) is 0 Å². The molecule has 4 amide bonds. The summed E-state index contributed by atoms with van der Waals surface area (Å²) in [5.41, 5.74) is 2.63. The van der Waals surface area contributed by atoms with Crippen LogP contribution in [0.4, 0.5) is 10.5 Å². The second kappa shape index (κ2) is 13.9. The lowest BCUT2D eigenvalue weighted by Crippen LogP contribution is -2.54. The summed E-state index contributed by atoms with van der Waals surface area (Å²) in [6, 6.07) is 26.7. The van der Waals surface area contributed by atoms with Gasteiger partial charge in [0.25, 0.3) is 11.8 Å². The number of urea groups is 1. The number of rotatable bonds is 10. The molecule has 218 valence electrons. The Kier molecular flexibility index (Phi) is 9.78. The zero-order valence-corrected chi connectivity index (χ0v) is 26.8. The van der Waals surface area contributed by atoms with Crippen molar-refractivity contribution >= 4 is 68.1 Å². The third-order valence-electron chi connectivity index (χ3n) is 6.42. The molecule has 0 aliphatic carbocycles. The zero-order chi connectivity index (χ0) is 30.3. The van der Waals surface area contributed by atoms with Crippen LogP contribution < -0.4 is 24.4 Å². The maximum atomic E-state index is 13.5. The van der Waals surface area contributed by atoms with Crippen molar-refractivity contribution in [2.45, 2.75) is 20.1 Å². The van der Waals surface area contributed by atoms with Crippen molar-refractivity contribution in [3.8, 4) is 17.2 Å². The van der Waals surface area contributed by atoms with Crippen LogP contribution in [0.1, 0.15) is 23.6 Å². The fourth-order valence-electron chi connectivity index (χ4n) is 4.33. The lowest BCUT2D eigenvalue weighted by Gasteiger charge is -2.26. The molecule has 10 heteroatoms. The van der Waals surface area contributed by atoms with Gasteiger partial charge in [0.2, 0.25) is 0 Å². The molecule has 1 N–H and O–H groups in total. The maximum Gasteiger partial charge on any atom is 0.335 e. The van der Waals surface area contributed by atoms with Gasteiger partial charge in [-0.3, -0.25) is 14.9 Å². The number of nitrogens with zero attached hydrogens (tertiary/aromatic N) is 1. The molecule has 0 saturated carbocycles. The van der Waals surface area contributed by atoms with E-state index in [1.54, 1.807) is 36.4 Å². The first-order chi connectivity index (χ1) is 20.8. The number of barbiturate groups is 1. The van der Waals surface area contributed by atoms with Crippen LogP contribution in [0.3, 0.4) is 0 Å². The van der Waals surface area contributed by atoms with Crippen molar-refractivity contribution in [2.24, 2.45) is 0 Å². The average molecular weight is 753 g/mol. The molecular weight excluding hydrogens is 727 g/mol. The predicted molar refractivity (Wildman–Crippen MR) is 175 cm³/mol. The second-order valence-electron chi connectivity index (χ2n) is 9.37. The smallest absolute Gasteiger partial charge is 0.335 e. The Morgan fingerprint density at radius 3 is 2.30 bits per heavy atom. The number of amides is 4. The van der Waals surface area contributed by atoms with Gasteiger partial charge in [-0.05, 0) is 89.2 Å². The Hall–Kier alpha value is -4.16. The third-order valence-corrected chi connectivity index (χ3v) is 7.99. The number of carbonyl (C=O) groups excluding carboxylic acids is 3. The van der Waals surface area contributed by atoms with Gasteiger partial charge in [-0.1, -0.05) is 64.5 Å². The molecule has 0 radical (unpaired) electrons. The van der Waals surface area contributed by atoms with E-state index in [0.717, 1.165) is 24.1 Å². The molecule has 0 unspecified atom stereocenters. The summed E-state index contributed by atoms with van der Waals surface area (Å²) in [7, 11) is 0. The molecule has 0 aromatic heterocycles. The van der Waals surface area contributed by atoms with Crippen molar-refractivity contribution in [3.63, 3.8) is 0 Å². The number of hydrogen-bond acceptors (Lipinski definition) is 6. The summed E-state index contributed by atoms with van der Waals surface area (Å²) in [4.78, 5) is 39.9. The van der Waals surface area contributed by atoms with Gasteiger partial charge in [-0.15, -0.1) is 0 Å². The van der Waals surface area contributed by atoms with Crippen molar-refractivity contribution in [2.75, 3.05) is 11.5 Å². The van der Waals surface area contributed by atoms with Crippen LogP contribution in [0.5, 0.6) is 17.2 Å². The van der Waals surface area contributed by atoms with E-state index in [1.165, 1.54) is 6.08 Å². The lowest BCUT2D eigenvalue weighted by molar-refractivity contribution is -0.122. The minimum Gasteiger partial charge on any atom is -0.490 e. The standard InChI is InChI=1S/C33H26BrIN2O6/c1-2-41-29-18-22(17-28(35)30(29)43-20-23-10-6-7-11-27(23)34)16-26-31(38)36-33(40)37(32(26)39)24-12-14-25(15-13-24)42-19-21-8-4-3-5-9-21/h3-18H,2,19-20H2,1H3,(H,36,38,40)/b26-16+. The number of nitrogens with one attached hydrogen (secondary N) is 1. The number of halogens is 2. The van der Waals surface area contributed by atoms with Gasteiger partial charge >= 0.3 is 6.03 Å². The highest BCUT2D eigenvalue weighted by Crippen LogP contribution is 2.36. The SMILES string of the molecule is CCOc1cc(/C=C2\C(=O)NC(=O)N(c3ccc(OCc4ccccc4)cc3)C2=O)cc(I)c1OCc1ccccc1Br. The second-order valence-corrected chi connectivity index (χ2v) is 11.4. The topological polar surface area (TPSA) is 94.2 Å². The minimum absolute atomic E-state index is 0.191. The summed E-state index contributed by atoms with van der Waals surface area (Å²) in [5.74, 6) is 0.0663.